The number of amides is 1. The second-order valence-electron chi connectivity index (χ2n) is 5.03. The maximum Gasteiger partial charge on any atom is 0.224 e. The molecule has 0 unspecified atom stereocenters. The number of carbonyl (C=O) groups is 1. The van der Waals surface area contributed by atoms with Crippen molar-refractivity contribution < 1.29 is 4.79 Å². The van der Waals surface area contributed by atoms with E-state index in [0.29, 0.717) is 25.1 Å². The number of benzene rings is 1. The molecule has 22 heavy (non-hydrogen) atoms. The Bertz CT molecular complexity index is 569. The Hall–Kier alpha value is -2.40. The highest BCUT2D eigenvalue weighted by Crippen LogP contribution is 2.10. The highest BCUT2D eigenvalue weighted by atomic mass is 16.1. The van der Waals surface area contributed by atoms with E-state index < -0.39 is 0 Å². The molecule has 0 aliphatic heterocycles. The zero-order valence-corrected chi connectivity index (χ0v) is 12.6. The third-order valence-electron chi connectivity index (χ3n) is 3.22. The van der Waals surface area contributed by atoms with Crippen LogP contribution in [0.3, 0.4) is 0 Å². The maximum atomic E-state index is 11.6. The van der Waals surface area contributed by atoms with Crippen molar-refractivity contribution in [2.24, 2.45) is 5.73 Å². The Morgan fingerprint density at radius 3 is 2.64 bits per heavy atom. The predicted octanol–water partition coefficient (Wildman–Crippen LogP) is 2.41. The fourth-order valence-electron chi connectivity index (χ4n) is 2.04. The van der Waals surface area contributed by atoms with Crippen LogP contribution in [0.25, 0.3) is 0 Å². The number of rotatable bonds is 8. The molecule has 0 aliphatic rings. The summed E-state index contributed by atoms with van der Waals surface area (Å²) in [6.07, 6.45) is 3.73. The molecule has 5 heteroatoms. The van der Waals surface area contributed by atoms with Crippen molar-refractivity contribution in [3.05, 3.63) is 54.2 Å². The molecule has 1 amide bonds. The smallest absolute Gasteiger partial charge is 0.224 e. The molecular weight excluding hydrogens is 276 g/mol. The van der Waals surface area contributed by atoms with E-state index in [1.807, 2.05) is 30.3 Å². The summed E-state index contributed by atoms with van der Waals surface area (Å²) in [5.41, 5.74) is 7.37. The Labute approximate surface area is 130 Å². The molecule has 0 fully saturated rings. The average Bonchev–Trinajstić information content (AvgIpc) is 2.55. The van der Waals surface area contributed by atoms with Gasteiger partial charge in [-0.2, -0.15) is 0 Å². The lowest BCUT2D eigenvalue weighted by Gasteiger charge is -2.08. The summed E-state index contributed by atoms with van der Waals surface area (Å²) in [6.45, 7) is 1.34. The molecule has 0 atom stereocenters. The van der Waals surface area contributed by atoms with Crippen LogP contribution in [0, 0.1) is 0 Å². The summed E-state index contributed by atoms with van der Waals surface area (Å²) in [5.74, 6) is 0.771. The van der Waals surface area contributed by atoms with Crippen molar-refractivity contribution >= 4 is 17.4 Å². The standard InChI is InChI=1S/C17H22N4O/c18-11-4-7-17(22)21-15-8-9-16(20-13-15)19-12-10-14-5-2-1-3-6-14/h1-3,5-6,8-9,13H,4,7,10-12,18H2,(H,19,20)(H,21,22). The van der Waals surface area contributed by atoms with Crippen molar-refractivity contribution in [3.63, 3.8) is 0 Å². The highest BCUT2D eigenvalue weighted by molar-refractivity contribution is 5.90. The Balaban J connectivity index is 1.75. The molecule has 0 radical (unpaired) electrons. The van der Waals surface area contributed by atoms with Crippen LogP contribution in [0.5, 0.6) is 0 Å². The van der Waals surface area contributed by atoms with Gasteiger partial charge in [-0.1, -0.05) is 30.3 Å². The second-order valence-corrected chi connectivity index (χ2v) is 5.03. The van der Waals surface area contributed by atoms with Crippen LogP contribution in [-0.4, -0.2) is 24.0 Å². The molecule has 1 heterocycles. The fraction of sp³-hybridized carbons (Fsp3) is 0.294. The maximum absolute atomic E-state index is 11.6. The lowest BCUT2D eigenvalue weighted by atomic mass is 10.1. The number of nitrogens with one attached hydrogen (secondary N) is 2. The number of anilines is 2. The van der Waals surface area contributed by atoms with E-state index in [-0.39, 0.29) is 5.91 Å². The summed E-state index contributed by atoms with van der Waals surface area (Å²) in [5, 5.41) is 6.07. The number of hydrogen-bond acceptors (Lipinski definition) is 4. The molecule has 0 saturated carbocycles. The molecule has 2 rings (SSSR count). The van der Waals surface area contributed by atoms with Crippen molar-refractivity contribution in [3.8, 4) is 0 Å². The third-order valence-corrected chi connectivity index (χ3v) is 3.22. The van der Waals surface area contributed by atoms with Gasteiger partial charge in [-0.05, 0) is 37.1 Å². The average molecular weight is 298 g/mol. The van der Waals surface area contributed by atoms with E-state index in [9.17, 15) is 4.79 Å². The van der Waals surface area contributed by atoms with Gasteiger partial charge >= 0.3 is 0 Å². The Morgan fingerprint density at radius 1 is 1.14 bits per heavy atom. The van der Waals surface area contributed by atoms with E-state index in [0.717, 1.165) is 18.8 Å². The lowest BCUT2D eigenvalue weighted by molar-refractivity contribution is -0.116. The van der Waals surface area contributed by atoms with Crippen molar-refractivity contribution in [1.82, 2.24) is 4.98 Å². The quantitative estimate of drug-likeness (QED) is 0.699. The molecule has 1 aromatic carbocycles. The summed E-state index contributed by atoms with van der Waals surface area (Å²) in [4.78, 5) is 15.9. The van der Waals surface area contributed by atoms with Gasteiger partial charge in [0.25, 0.3) is 0 Å². The first kappa shape index (κ1) is 16.0. The van der Waals surface area contributed by atoms with Gasteiger partial charge in [-0.3, -0.25) is 4.79 Å². The lowest BCUT2D eigenvalue weighted by Crippen LogP contribution is -2.13. The molecule has 0 spiro atoms. The largest absolute Gasteiger partial charge is 0.370 e. The minimum atomic E-state index is -0.0305. The fourth-order valence-corrected chi connectivity index (χ4v) is 2.04. The molecule has 5 nitrogen and oxygen atoms in total. The van der Waals surface area contributed by atoms with Crippen LogP contribution in [0.1, 0.15) is 18.4 Å². The van der Waals surface area contributed by atoms with Crippen LogP contribution >= 0.6 is 0 Å². The Morgan fingerprint density at radius 2 is 1.95 bits per heavy atom. The van der Waals surface area contributed by atoms with Gasteiger partial charge < -0.3 is 16.4 Å². The van der Waals surface area contributed by atoms with Gasteiger partial charge in [0.1, 0.15) is 5.82 Å². The van der Waals surface area contributed by atoms with Crippen LogP contribution in [0.4, 0.5) is 11.5 Å². The van der Waals surface area contributed by atoms with Gasteiger partial charge in [0.2, 0.25) is 5.91 Å². The second kappa shape index (κ2) is 8.79. The number of hydrogen-bond donors (Lipinski definition) is 3. The number of pyridine rings is 1. The van der Waals surface area contributed by atoms with Gasteiger partial charge in [-0.25, -0.2) is 4.98 Å². The summed E-state index contributed by atoms with van der Waals surface area (Å²) >= 11 is 0. The Kier molecular flexibility index (Phi) is 6.39. The number of nitrogens with two attached hydrogens (primary N) is 1. The summed E-state index contributed by atoms with van der Waals surface area (Å²) < 4.78 is 0. The van der Waals surface area contributed by atoms with Crippen LogP contribution in [0.15, 0.2) is 48.7 Å². The molecule has 1 aromatic heterocycles. The first-order valence-corrected chi connectivity index (χ1v) is 7.51. The number of aromatic nitrogens is 1. The predicted molar refractivity (Wildman–Crippen MR) is 89.8 cm³/mol. The topological polar surface area (TPSA) is 80.0 Å². The number of carbonyl (C=O) groups excluding carboxylic acids is 1. The molecule has 116 valence electrons. The third kappa shape index (κ3) is 5.54. The number of nitrogens with zero attached hydrogens (tertiary/aromatic N) is 1. The van der Waals surface area contributed by atoms with Crippen LogP contribution in [0.2, 0.25) is 0 Å². The van der Waals surface area contributed by atoms with Crippen molar-refractivity contribution in [1.29, 1.82) is 0 Å². The van der Waals surface area contributed by atoms with E-state index in [2.05, 4.69) is 27.8 Å². The normalized spacial score (nSPS) is 10.2. The van der Waals surface area contributed by atoms with E-state index in [1.54, 1.807) is 6.20 Å². The highest BCUT2D eigenvalue weighted by Gasteiger charge is 2.02. The van der Waals surface area contributed by atoms with Crippen LogP contribution in [-0.2, 0) is 11.2 Å². The first-order chi connectivity index (χ1) is 10.8. The molecule has 0 bridgehead atoms. The molecular formula is C17H22N4O. The molecule has 2 aromatic rings. The molecule has 0 saturated heterocycles. The van der Waals surface area contributed by atoms with E-state index in [4.69, 9.17) is 5.73 Å². The first-order valence-electron chi connectivity index (χ1n) is 7.51. The van der Waals surface area contributed by atoms with E-state index >= 15 is 0 Å². The van der Waals surface area contributed by atoms with Gasteiger partial charge in [0.05, 0.1) is 11.9 Å². The van der Waals surface area contributed by atoms with Crippen LogP contribution < -0.4 is 16.4 Å². The summed E-state index contributed by atoms with van der Waals surface area (Å²) in [7, 11) is 0. The molecule has 0 aliphatic carbocycles. The van der Waals surface area contributed by atoms with Gasteiger partial charge in [0.15, 0.2) is 0 Å². The van der Waals surface area contributed by atoms with E-state index in [1.165, 1.54) is 5.56 Å². The SMILES string of the molecule is NCCCC(=O)Nc1ccc(NCCc2ccccc2)nc1. The monoisotopic (exact) mass is 298 g/mol. The van der Waals surface area contributed by atoms with Gasteiger partial charge in [-0.15, -0.1) is 0 Å². The summed E-state index contributed by atoms with van der Waals surface area (Å²) in [6, 6.07) is 14.0. The van der Waals surface area contributed by atoms with Gasteiger partial charge in [0, 0.05) is 13.0 Å². The molecule has 4 N–H and O–H groups in total. The minimum absolute atomic E-state index is 0.0305. The van der Waals surface area contributed by atoms with Crippen molar-refractivity contribution in [2.75, 3.05) is 23.7 Å². The van der Waals surface area contributed by atoms with Crippen molar-refractivity contribution in [2.45, 2.75) is 19.3 Å². The zero-order valence-electron chi connectivity index (χ0n) is 12.6. The zero-order chi connectivity index (χ0) is 15.6. The minimum Gasteiger partial charge on any atom is -0.370 e.